The number of likely N-dealkylation sites (tertiary alicyclic amines) is 1. The molecule has 2 N–H and O–H groups in total. The van der Waals surface area contributed by atoms with Crippen molar-refractivity contribution in [1.82, 2.24) is 0 Å². The first-order valence-electron chi connectivity index (χ1n) is 8.54. The van der Waals surface area contributed by atoms with Gasteiger partial charge in [-0.3, -0.25) is 0 Å². The molecule has 22 heavy (non-hydrogen) atoms. The molecule has 1 heterocycles. The van der Waals surface area contributed by atoms with Crippen molar-refractivity contribution in [3.05, 3.63) is 34.9 Å². The average Bonchev–Trinajstić information content (AvgIpc) is 2.48. The fourth-order valence-corrected chi connectivity index (χ4v) is 3.21. The van der Waals surface area contributed by atoms with Crippen LogP contribution < -0.4 is 4.90 Å². The zero-order valence-electron chi connectivity index (χ0n) is 13.6. The number of benzene rings is 1. The van der Waals surface area contributed by atoms with E-state index in [1.807, 2.05) is 31.2 Å². The summed E-state index contributed by atoms with van der Waals surface area (Å²) in [6.07, 6.45) is 6.21. The summed E-state index contributed by atoms with van der Waals surface area (Å²) < 4.78 is 5.82. The third-order valence-corrected chi connectivity index (χ3v) is 4.71. The van der Waals surface area contributed by atoms with E-state index in [4.69, 9.17) is 16.3 Å². The fourth-order valence-electron chi connectivity index (χ4n) is 3.09. The van der Waals surface area contributed by atoms with Gasteiger partial charge in [-0.1, -0.05) is 30.2 Å². The fraction of sp³-hybridized carbons (Fsp3) is 0.667. The van der Waals surface area contributed by atoms with Crippen LogP contribution in [0.1, 0.15) is 50.7 Å². The van der Waals surface area contributed by atoms with Gasteiger partial charge in [-0.25, -0.2) is 0 Å². The number of hydrogen-bond acceptors (Lipinski definition) is 2. The monoisotopic (exact) mass is 326 g/mol. The first-order chi connectivity index (χ1) is 10.6. The average molecular weight is 327 g/mol. The molecule has 124 valence electrons. The van der Waals surface area contributed by atoms with Crippen molar-refractivity contribution < 1.29 is 14.7 Å². The number of aliphatic hydroxyl groups excluding tert-OH is 1. The Morgan fingerprint density at radius 2 is 1.68 bits per heavy atom. The van der Waals surface area contributed by atoms with E-state index < -0.39 is 0 Å². The molecule has 1 saturated heterocycles. The zero-order chi connectivity index (χ0) is 15.8. The number of quaternary nitrogens is 1. The minimum absolute atomic E-state index is 0.0192. The Kier molecular flexibility index (Phi) is 7.67. The lowest BCUT2D eigenvalue weighted by atomic mass is 10.1. The second-order valence-corrected chi connectivity index (χ2v) is 6.84. The van der Waals surface area contributed by atoms with Crippen LogP contribution in [-0.4, -0.2) is 37.5 Å². The molecule has 0 amide bonds. The van der Waals surface area contributed by atoms with Gasteiger partial charge in [0.1, 0.15) is 12.6 Å². The molecule has 1 aromatic carbocycles. The molecule has 2 atom stereocenters. The van der Waals surface area contributed by atoms with Crippen molar-refractivity contribution in [3.8, 4) is 0 Å². The lowest BCUT2D eigenvalue weighted by molar-refractivity contribution is -0.904. The molecule has 0 radical (unpaired) electrons. The molecule has 2 rings (SSSR count). The number of nitrogens with one attached hydrogen (secondary N) is 1. The molecule has 0 bridgehead atoms. The summed E-state index contributed by atoms with van der Waals surface area (Å²) in [7, 11) is 0. The second kappa shape index (κ2) is 9.51. The smallest absolute Gasteiger partial charge is 0.126 e. The van der Waals surface area contributed by atoms with Crippen LogP contribution in [0.15, 0.2) is 24.3 Å². The van der Waals surface area contributed by atoms with Crippen molar-refractivity contribution in [3.63, 3.8) is 0 Å². The number of hydrogen-bond donors (Lipinski definition) is 2. The summed E-state index contributed by atoms with van der Waals surface area (Å²) in [6, 6.07) is 7.70. The number of ether oxygens (including phenoxy) is 1. The van der Waals surface area contributed by atoms with E-state index in [9.17, 15) is 5.11 Å². The highest BCUT2D eigenvalue weighted by atomic mass is 35.5. The first-order valence-corrected chi connectivity index (χ1v) is 8.91. The van der Waals surface area contributed by atoms with E-state index in [1.54, 1.807) is 0 Å². The normalized spacial score (nSPS) is 20.1. The molecular weight excluding hydrogens is 298 g/mol. The molecular formula is C18H29ClNO2+. The molecule has 0 unspecified atom stereocenters. The predicted octanol–water partition coefficient (Wildman–Crippen LogP) is 2.63. The van der Waals surface area contributed by atoms with Crippen molar-refractivity contribution in [2.24, 2.45) is 0 Å². The van der Waals surface area contributed by atoms with Crippen LogP contribution in [0, 0.1) is 0 Å². The Morgan fingerprint density at radius 1 is 1.09 bits per heavy atom. The predicted molar refractivity (Wildman–Crippen MR) is 90.5 cm³/mol. The zero-order valence-corrected chi connectivity index (χ0v) is 14.3. The first kappa shape index (κ1) is 17.7. The highest BCUT2D eigenvalue weighted by Gasteiger charge is 2.17. The van der Waals surface area contributed by atoms with Gasteiger partial charge in [0.15, 0.2) is 0 Å². The maximum Gasteiger partial charge on any atom is 0.126 e. The lowest BCUT2D eigenvalue weighted by Crippen LogP contribution is -3.13. The van der Waals surface area contributed by atoms with Crippen molar-refractivity contribution in [2.45, 2.75) is 51.2 Å². The summed E-state index contributed by atoms with van der Waals surface area (Å²) in [5.74, 6) is 0. The van der Waals surface area contributed by atoms with Gasteiger partial charge in [0, 0.05) is 5.02 Å². The van der Waals surface area contributed by atoms with Gasteiger partial charge in [0.2, 0.25) is 0 Å². The molecule has 4 heteroatoms. The Hall–Kier alpha value is -0.610. The Balaban J connectivity index is 1.71. The maximum atomic E-state index is 10.2. The molecule has 3 nitrogen and oxygen atoms in total. The van der Waals surface area contributed by atoms with E-state index in [0.717, 1.165) is 17.1 Å². The van der Waals surface area contributed by atoms with E-state index in [1.165, 1.54) is 50.1 Å². The summed E-state index contributed by atoms with van der Waals surface area (Å²) >= 11 is 5.89. The Morgan fingerprint density at radius 3 is 2.32 bits per heavy atom. The van der Waals surface area contributed by atoms with Gasteiger partial charge < -0.3 is 14.7 Å². The van der Waals surface area contributed by atoms with E-state index in [0.29, 0.717) is 6.61 Å². The molecule has 0 aromatic heterocycles. The summed E-state index contributed by atoms with van der Waals surface area (Å²) in [5, 5.41) is 11.0. The van der Waals surface area contributed by atoms with Crippen LogP contribution >= 0.6 is 11.6 Å². The summed E-state index contributed by atoms with van der Waals surface area (Å²) in [6.45, 7) is 5.58. The van der Waals surface area contributed by atoms with Crippen LogP contribution in [0.5, 0.6) is 0 Å². The number of halogens is 1. The van der Waals surface area contributed by atoms with Gasteiger partial charge in [0.05, 0.1) is 25.8 Å². The maximum absolute atomic E-state index is 10.2. The van der Waals surface area contributed by atoms with Gasteiger partial charge in [-0.05, 0) is 50.3 Å². The second-order valence-electron chi connectivity index (χ2n) is 6.40. The Labute approximate surface area is 139 Å². The number of aliphatic hydroxyl groups is 1. The summed E-state index contributed by atoms with van der Waals surface area (Å²) in [4.78, 5) is 1.52. The number of rotatable bonds is 6. The molecule has 0 spiro atoms. The van der Waals surface area contributed by atoms with Gasteiger partial charge in [-0.15, -0.1) is 0 Å². The van der Waals surface area contributed by atoms with Crippen molar-refractivity contribution >= 4 is 11.6 Å². The largest absolute Gasteiger partial charge is 0.385 e. The topological polar surface area (TPSA) is 33.9 Å². The molecule has 0 saturated carbocycles. The van der Waals surface area contributed by atoms with Crippen molar-refractivity contribution in [1.29, 1.82) is 0 Å². The Bertz CT molecular complexity index is 416. The molecule has 0 aliphatic carbocycles. The highest BCUT2D eigenvalue weighted by molar-refractivity contribution is 6.30. The SMILES string of the molecule is C[C@H](OC[C@@H](O)C[NH+]1CCCCCCC1)c1ccc(Cl)cc1. The van der Waals surface area contributed by atoms with Crippen LogP contribution in [-0.2, 0) is 4.74 Å². The van der Waals surface area contributed by atoms with Crippen LogP contribution in [0.25, 0.3) is 0 Å². The third kappa shape index (κ3) is 6.25. The molecule has 1 aliphatic rings. The standard InChI is InChI=1S/C18H28ClNO2/c1-15(16-7-9-17(19)10-8-16)22-14-18(21)13-20-11-5-3-2-4-6-12-20/h7-10,15,18,21H,2-6,11-14H2,1H3/p+1/t15-,18-/m0/s1. The molecule has 1 fully saturated rings. The molecule has 1 aliphatic heterocycles. The van der Waals surface area contributed by atoms with E-state index in [2.05, 4.69) is 0 Å². The van der Waals surface area contributed by atoms with Gasteiger partial charge >= 0.3 is 0 Å². The minimum Gasteiger partial charge on any atom is -0.385 e. The molecule has 1 aromatic rings. The lowest BCUT2D eigenvalue weighted by Gasteiger charge is -2.24. The summed E-state index contributed by atoms with van der Waals surface area (Å²) in [5.41, 5.74) is 1.09. The van der Waals surface area contributed by atoms with E-state index >= 15 is 0 Å². The van der Waals surface area contributed by atoms with Gasteiger partial charge in [-0.2, -0.15) is 0 Å². The van der Waals surface area contributed by atoms with Gasteiger partial charge in [0.25, 0.3) is 0 Å². The van der Waals surface area contributed by atoms with Crippen LogP contribution in [0.3, 0.4) is 0 Å². The van der Waals surface area contributed by atoms with Crippen LogP contribution in [0.4, 0.5) is 0 Å². The minimum atomic E-state index is -0.385. The van der Waals surface area contributed by atoms with Crippen molar-refractivity contribution in [2.75, 3.05) is 26.2 Å². The quantitative estimate of drug-likeness (QED) is 0.842. The third-order valence-electron chi connectivity index (χ3n) is 4.46. The van der Waals surface area contributed by atoms with E-state index in [-0.39, 0.29) is 12.2 Å². The highest BCUT2D eigenvalue weighted by Crippen LogP contribution is 2.19. The van der Waals surface area contributed by atoms with Crippen LogP contribution in [0.2, 0.25) is 5.02 Å².